The Bertz CT molecular complexity index is 908. The first kappa shape index (κ1) is 19.7. The molecule has 0 bridgehead atoms. The van der Waals surface area contributed by atoms with E-state index in [9.17, 15) is 0 Å². The lowest BCUT2D eigenvalue weighted by molar-refractivity contribution is -0.152. The summed E-state index contributed by atoms with van der Waals surface area (Å²) < 4.78 is 40.8. The SMILES string of the molecule is COc1ccc([C@H]2Oc3c(ccc(OC)c3OC)[C@H]3OC(C)(C)O[C@@H]23)cc1OC. The van der Waals surface area contributed by atoms with Crippen molar-refractivity contribution in [2.45, 2.75) is 37.9 Å². The summed E-state index contributed by atoms with van der Waals surface area (Å²) in [6, 6.07) is 9.47. The third-order valence-electron chi connectivity index (χ3n) is 5.25. The van der Waals surface area contributed by atoms with Crippen molar-refractivity contribution >= 4 is 0 Å². The molecular formula is C22H26O7. The first-order chi connectivity index (χ1) is 13.9. The molecule has 0 amide bonds. The summed E-state index contributed by atoms with van der Waals surface area (Å²) in [5.41, 5.74) is 1.75. The van der Waals surface area contributed by atoms with E-state index in [-0.39, 0.29) is 12.2 Å². The van der Waals surface area contributed by atoms with Gasteiger partial charge in [0.2, 0.25) is 5.75 Å². The van der Waals surface area contributed by atoms with Gasteiger partial charge < -0.3 is 33.2 Å². The van der Waals surface area contributed by atoms with Gasteiger partial charge in [0.05, 0.1) is 28.4 Å². The molecule has 0 spiro atoms. The Morgan fingerprint density at radius 3 is 2.10 bits per heavy atom. The Morgan fingerprint density at radius 2 is 1.45 bits per heavy atom. The Morgan fingerprint density at radius 1 is 0.759 bits per heavy atom. The number of hydrogen-bond acceptors (Lipinski definition) is 7. The van der Waals surface area contributed by atoms with Gasteiger partial charge in [0.1, 0.15) is 12.2 Å². The molecule has 0 aromatic heterocycles. The lowest BCUT2D eigenvalue weighted by Crippen LogP contribution is -2.33. The average Bonchev–Trinajstić information content (AvgIpc) is 3.06. The molecule has 7 heteroatoms. The predicted octanol–water partition coefficient (Wildman–Crippen LogP) is 4.05. The average molecular weight is 402 g/mol. The Balaban J connectivity index is 1.84. The van der Waals surface area contributed by atoms with Crippen LogP contribution >= 0.6 is 0 Å². The number of methoxy groups -OCH3 is 4. The molecule has 2 aromatic rings. The number of rotatable bonds is 5. The first-order valence-electron chi connectivity index (χ1n) is 9.41. The van der Waals surface area contributed by atoms with Gasteiger partial charge in [-0.2, -0.15) is 0 Å². The molecule has 7 nitrogen and oxygen atoms in total. The van der Waals surface area contributed by atoms with Crippen LogP contribution in [0.3, 0.4) is 0 Å². The third-order valence-corrected chi connectivity index (χ3v) is 5.25. The van der Waals surface area contributed by atoms with Crippen molar-refractivity contribution in [1.82, 2.24) is 0 Å². The minimum Gasteiger partial charge on any atom is -0.493 e. The first-order valence-corrected chi connectivity index (χ1v) is 9.41. The molecule has 1 saturated heterocycles. The monoisotopic (exact) mass is 402 g/mol. The summed E-state index contributed by atoms with van der Waals surface area (Å²) in [4.78, 5) is 0. The van der Waals surface area contributed by atoms with Gasteiger partial charge in [0.15, 0.2) is 34.9 Å². The predicted molar refractivity (Wildman–Crippen MR) is 105 cm³/mol. The number of benzene rings is 2. The molecule has 3 atom stereocenters. The second-order valence-electron chi connectivity index (χ2n) is 7.39. The highest BCUT2D eigenvalue weighted by Gasteiger charge is 2.52. The summed E-state index contributed by atoms with van der Waals surface area (Å²) in [6.45, 7) is 3.80. The summed E-state index contributed by atoms with van der Waals surface area (Å²) in [6.07, 6.45) is -1.09. The molecule has 1 fully saturated rings. The largest absolute Gasteiger partial charge is 0.493 e. The van der Waals surface area contributed by atoms with Crippen molar-refractivity contribution < 1.29 is 33.2 Å². The van der Waals surface area contributed by atoms with Crippen LogP contribution in [0, 0.1) is 0 Å². The van der Waals surface area contributed by atoms with Crippen LogP contribution in [0.2, 0.25) is 0 Å². The van der Waals surface area contributed by atoms with Gasteiger partial charge in [-0.15, -0.1) is 0 Å². The standard InChI is InChI=1S/C22H26O7/c1-22(2)28-19-13-8-10-15(24-4)20(26-6)18(13)27-17(21(19)29-22)12-7-9-14(23-3)16(11-12)25-5/h7-11,17,19,21H,1-6H3/t17-,19-,21+/m1/s1. The minimum atomic E-state index is -0.748. The molecule has 4 rings (SSSR count). The van der Waals surface area contributed by atoms with Gasteiger partial charge in [0, 0.05) is 5.56 Å². The van der Waals surface area contributed by atoms with E-state index in [0.717, 1.165) is 11.1 Å². The van der Waals surface area contributed by atoms with E-state index < -0.39 is 11.9 Å². The van der Waals surface area contributed by atoms with Crippen molar-refractivity contribution in [3.8, 4) is 28.7 Å². The van der Waals surface area contributed by atoms with Gasteiger partial charge in [-0.25, -0.2) is 0 Å². The van der Waals surface area contributed by atoms with E-state index >= 15 is 0 Å². The molecule has 0 aliphatic carbocycles. The number of fused-ring (bicyclic) bond motifs is 3. The molecule has 29 heavy (non-hydrogen) atoms. The molecule has 0 saturated carbocycles. The van der Waals surface area contributed by atoms with Gasteiger partial charge in [-0.05, 0) is 43.7 Å². The molecule has 0 N–H and O–H groups in total. The van der Waals surface area contributed by atoms with Crippen LogP contribution in [-0.2, 0) is 9.47 Å². The van der Waals surface area contributed by atoms with Crippen molar-refractivity contribution in [3.05, 3.63) is 41.5 Å². The summed E-state index contributed by atoms with van der Waals surface area (Å²) in [5.74, 6) is 2.23. The van der Waals surface area contributed by atoms with Gasteiger partial charge in [-0.3, -0.25) is 0 Å². The maximum atomic E-state index is 6.46. The molecule has 0 unspecified atom stereocenters. The fourth-order valence-corrected chi connectivity index (χ4v) is 3.99. The van der Waals surface area contributed by atoms with Crippen LogP contribution in [0.25, 0.3) is 0 Å². The fraction of sp³-hybridized carbons (Fsp3) is 0.455. The molecule has 156 valence electrons. The second kappa shape index (κ2) is 7.31. The van der Waals surface area contributed by atoms with Gasteiger partial charge >= 0.3 is 0 Å². The number of ether oxygens (including phenoxy) is 7. The molecular weight excluding hydrogens is 376 g/mol. The van der Waals surface area contributed by atoms with E-state index in [4.69, 9.17) is 33.2 Å². The van der Waals surface area contributed by atoms with Crippen LogP contribution in [0.15, 0.2) is 30.3 Å². The van der Waals surface area contributed by atoms with Crippen LogP contribution < -0.4 is 23.7 Å². The van der Waals surface area contributed by atoms with Crippen molar-refractivity contribution in [3.63, 3.8) is 0 Å². The highest BCUT2D eigenvalue weighted by molar-refractivity contribution is 5.58. The molecule has 2 aliphatic rings. The maximum Gasteiger partial charge on any atom is 0.203 e. The van der Waals surface area contributed by atoms with Crippen LogP contribution in [0.1, 0.15) is 37.2 Å². The van der Waals surface area contributed by atoms with Crippen molar-refractivity contribution in [2.24, 2.45) is 0 Å². The molecule has 0 radical (unpaired) electrons. The zero-order valence-electron chi connectivity index (χ0n) is 17.5. The van der Waals surface area contributed by atoms with E-state index in [1.165, 1.54) is 0 Å². The van der Waals surface area contributed by atoms with Gasteiger partial charge in [-0.1, -0.05) is 6.07 Å². The third kappa shape index (κ3) is 3.24. The quantitative estimate of drug-likeness (QED) is 0.748. The van der Waals surface area contributed by atoms with E-state index in [2.05, 4.69) is 0 Å². The zero-order chi connectivity index (χ0) is 20.8. The van der Waals surface area contributed by atoms with Crippen molar-refractivity contribution in [2.75, 3.05) is 28.4 Å². The number of hydrogen-bond donors (Lipinski definition) is 0. The topological polar surface area (TPSA) is 64.6 Å². The van der Waals surface area contributed by atoms with Crippen LogP contribution in [0.4, 0.5) is 0 Å². The van der Waals surface area contributed by atoms with E-state index in [0.29, 0.717) is 28.7 Å². The van der Waals surface area contributed by atoms with Crippen LogP contribution in [-0.4, -0.2) is 40.3 Å². The van der Waals surface area contributed by atoms with Crippen molar-refractivity contribution in [1.29, 1.82) is 0 Å². The highest BCUT2D eigenvalue weighted by atomic mass is 16.8. The van der Waals surface area contributed by atoms with Crippen LogP contribution in [0.5, 0.6) is 28.7 Å². The summed E-state index contributed by atoms with van der Waals surface area (Å²) in [5, 5.41) is 0. The van der Waals surface area contributed by atoms with E-state index in [1.54, 1.807) is 28.4 Å². The normalized spacial score (nSPS) is 24.1. The minimum absolute atomic E-state index is 0.313. The Kier molecular flexibility index (Phi) is 4.96. The maximum absolute atomic E-state index is 6.46. The second-order valence-corrected chi connectivity index (χ2v) is 7.39. The molecule has 2 aromatic carbocycles. The smallest absolute Gasteiger partial charge is 0.203 e. The molecule has 2 heterocycles. The molecule has 2 aliphatic heterocycles. The zero-order valence-corrected chi connectivity index (χ0v) is 17.5. The van der Waals surface area contributed by atoms with E-state index in [1.807, 2.05) is 44.2 Å². The Hall–Kier alpha value is -2.64. The fourth-order valence-electron chi connectivity index (χ4n) is 3.99. The highest BCUT2D eigenvalue weighted by Crippen LogP contribution is 2.55. The van der Waals surface area contributed by atoms with Gasteiger partial charge in [0.25, 0.3) is 0 Å². The lowest BCUT2D eigenvalue weighted by Gasteiger charge is -2.35. The summed E-state index contributed by atoms with van der Waals surface area (Å²) >= 11 is 0. The Labute approximate surface area is 170 Å². The summed E-state index contributed by atoms with van der Waals surface area (Å²) in [7, 11) is 6.40. The lowest BCUT2D eigenvalue weighted by atomic mass is 9.91.